The van der Waals surface area contributed by atoms with Crippen molar-refractivity contribution in [3.8, 4) is 0 Å². The van der Waals surface area contributed by atoms with E-state index in [9.17, 15) is 9.59 Å². The number of nitrogens with zero attached hydrogens (tertiary/aromatic N) is 1. The number of morpholine rings is 1. The summed E-state index contributed by atoms with van der Waals surface area (Å²) in [4.78, 5) is 29.0. The number of amides is 1. The Morgan fingerprint density at radius 1 is 1.25 bits per heavy atom. The molecule has 6 heteroatoms. The number of carbonyl (C=O) groups excluding carboxylic acids is 2. The van der Waals surface area contributed by atoms with Gasteiger partial charge >= 0.3 is 0 Å². The van der Waals surface area contributed by atoms with Gasteiger partial charge in [-0.05, 0) is 12.1 Å². The van der Waals surface area contributed by atoms with E-state index in [1.54, 1.807) is 24.4 Å². The third kappa shape index (κ3) is 2.30. The summed E-state index contributed by atoms with van der Waals surface area (Å²) in [7, 11) is 0. The van der Waals surface area contributed by atoms with E-state index in [0.29, 0.717) is 42.3 Å². The number of ketones is 1. The molecule has 0 atom stereocenters. The Hall–Kier alpha value is -1.85. The summed E-state index contributed by atoms with van der Waals surface area (Å²) in [6.45, 7) is 1.86. The first kappa shape index (κ1) is 13.1. The molecular weight excluding hydrogens is 280 g/mol. The summed E-state index contributed by atoms with van der Waals surface area (Å²) in [5.41, 5.74) is 1.13. The number of ether oxygens (including phenoxy) is 1. The summed E-state index contributed by atoms with van der Waals surface area (Å²) >= 11 is 5.90. The van der Waals surface area contributed by atoms with Crippen molar-refractivity contribution in [2.45, 2.75) is 0 Å². The highest BCUT2D eigenvalue weighted by molar-refractivity contribution is 6.45. The number of aromatic nitrogens is 1. The van der Waals surface area contributed by atoms with Crippen molar-refractivity contribution in [3.05, 3.63) is 35.0 Å². The molecule has 0 bridgehead atoms. The van der Waals surface area contributed by atoms with Gasteiger partial charge in [-0.15, -0.1) is 0 Å². The Balaban J connectivity index is 1.90. The van der Waals surface area contributed by atoms with Gasteiger partial charge in [0, 0.05) is 35.2 Å². The van der Waals surface area contributed by atoms with Crippen LogP contribution in [0.4, 0.5) is 0 Å². The second-order valence-corrected chi connectivity index (χ2v) is 5.06. The fourth-order valence-electron chi connectivity index (χ4n) is 2.31. The normalized spacial score (nSPS) is 15.6. The van der Waals surface area contributed by atoms with Crippen molar-refractivity contribution in [2.75, 3.05) is 26.3 Å². The molecule has 104 valence electrons. The Bertz CT molecular complexity index is 674. The molecule has 3 rings (SSSR count). The lowest BCUT2D eigenvalue weighted by Crippen LogP contribution is -2.44. The second-order valence-electron chi connectivity index (χ2n) is 4.63. The van der Waals surface area contributed by atoms with Crippen LogP contribution in [0.5, 0.6) is 0 Å². The van der Waals surface area contributed by atoms with Gasteiger partial charge in [-0.3, -0.25) is 9.59 Å². The summed E-state index contributed by atoms with van der Waals surface area (Å²) in [6.07, 6.45) is 1.56. The Morgan fingerprint density at radius 2 is 2.00 bits per heavy atom. The topological polar surface area (TPSA) is 62.4 Å². The maximum Gasteiger partial charge on any atom is 0.295 e. The van der Waals surface area contributed by atoms with Crippen LogP contribution in [0.1, 0.15) is 10.4 Å². The van der Waals surface area contributed by atoms with E-state index >= 15 is 0 Å². The number of fused-ring (bicyclic) bond motifs is 1. The van der Waals surface area contributed by atoms with Gasteiger partial charge in [0.2, 0.25) is 0 Å². The van der Waals surface area contributed by atoms with Crippen molar-refractivity contribution in [1.29, 1.82) is 0 Å². The molecule has 1 fully saturated rings. The number of benzene rings is 1. The van der Waals surface area contributed by atoms with Gasteiger partial charge in [0.05, 0.1) is 18.8 Å². The first-order valence-corrected chi connectivity index (χ1v) is 6.72. The molecule has 0 spiro atoms. The summed E-state index contributed by atoms with van der Waals surface area (Å²) in [5, 5.41) is 1.29. The van der Waals surface area contributed by atoms with Crippen LogP contribution < -0.4 is 0 Å². The second kappa shape index (κ2) is 5.26. The van der Waals surface area contributed by atoms with Gasteiger partial charge < -0.3 is 14.6 Å². The number of rotatable bonds is 2. The zero-order valence-corrected chi connectivity index (χ0v) is 11.4. The van der Waals surface area contributed by atoms with Gasteiger partial charge in [-0.25, -0.2) is 0 Å². The molecule has 1 aromatic carbocycles. The van der Waals surface area contributed by atoms with E-state index in [2.05, 4.69) is 4.98 Å². The highest BCUT2D eigenvalue weighted by Crippen LogP contribution is 2.22. The van der Waals surface area contributed by atoms with Gasteiger partial charge in [0.15, 0.2) is 0 Å². The number of hydrogen-bond donors (Lipinski definition) is 1. The van der Waals surface area contributed by atoms with Crippen LogP contribution in [0.2, 0.25) is 5.02 Å². The summed E-state index contributed by atoms with van der Waals surface area (Å²) in [5.74, 6) is -0.982. The predicted octanol–water partition coefficient (Wildman–Crippen LogP) is 1.86. The maximum absolute atomic E-state index is 12.3. The summed E-state index contributed by atoms with van der Waals surface area (Å²) in [6, 6.07) is 5.18. The first-order chi connectivity index (χ1) is 9.66. The van der Waals surface area contributed by atoms with E-state index in [0.717, 1.165) is 5.52 Å². The van der Waals surface area contributed by atoms with E-state index < -0.39 is 11.7 Å². The van der Waals surface area contributed by atoms with Gasteiger partial charge in [-0.1, -0.05) is 17.7 Å². The molecule has 1 amide bonds. The SMILES string of the molecule is O=C(C(=O)N1CCOCC1)c1c[nH]c2cc(Cl)ccc12. The smallest absolute Gasteiger partial charge is 0.295 e. The third-order valence-electron chi connectivity index (χ3n) is 3.38. The minimum atomic E-state index is -0.500. The molecule has 1 aliphatic heterocycles. The lowest BCUT2D eigenvalue weighted by Gasteiger charge is -2.25. The van der Waals surface area contributed by atoms with E-state index in [-0.39, 0.29) is 0 Å². The first-order valence-electron chi connectivity index (χ1n) is 6.35. The van der Waals surface area contributed by atoms with Crippen LogP contribution in [0.15, 0.2) is 24.4 Å². The molecular formula is C14H13ClN2O3. The Morgan fingerprint density at radius 3 is 2.75 bits per heavy atom. The molecule has 0 saturated carbocycles. The van der Waals surface area contributed by atoms with E-state index in [1.807, 2.05) is 0 Å². The lowest BCUT2D eigenvalue weighted by atomic mass is 10.1. The van der Waals surface area contributed by atoms with Crippen molar-refractivity contribution in [2.24, 2.45) is 0 Å². The average Bonchev–Trinajstić information content (AvgIpc) is 2.89. The quantitative estimate of drug-likeness (QED) is 0.679. The minimum Gasteiger partial charge on any atom is -0.378 e. The Labute approximate surface area is 120 Å². The number of Topliss-reactive ketones (excluding diaryl/α,β-unsaturated/α-hetero) is 1. The van der Waals surface area contributed by atoms with Crippen LogP contribution >= 0.6 is 11.6 Å². The fourth-order valence-corrected chi connectivity index (χ4v) is 2.48. The fraction of sp³-hybridized carbons (Fsp3) is 0.286. The number of hydrogen-bond acceptors (Lipinski definition) is 3. The van der Waals surface area contributed by atoms with Gasteiger partial charge in [0.25, 0.3) is 11.7 Å². The van der Waals surface area contributed by atoms with Gasteiger partial charge in [-0.2, -0.15) is 0 Å². The number of carbonyl (C=O) groups is 2. The largest absolute Gasteiger partial charge is 0.378 e. The van der Waals surface area contributed by atoms with Crippen molar-refractivity contribution in [3.63, 3.8) is 0 Å². The minimum absolute atomic E-state index is 0.383. The molecule has 20 heavy (non-hydrogen) atoms. The van der Waals surface area contributed by atoms with Crippen LogP contribution in [-0.4, -0.2) is 47.9 Å². The van der Waals surface area contributed by atoms with E-state index in [1.165, 1.54) is 4.90 Å². The van der Waals surface area contributed by atoms with Crippen LogP contribution in [0.25, 0.3) is 10.9 Å². The van der Waals surface area contributed by atoms with Crippen molar-refractivity contribution < 1.29 is 14.3 Å². The van der Waals surface area contributed by atoms with Crippen LogP contribution in [0.3, 0.4) is 0 Å². The zero-order chi connectivity index (χ0) is 14.1. The average molecular weight is 293 g/mol. The highest BCUT2D eigenvalue weighted by atomic mass is 35.5. The van der Waals surface area contributed by atoms with Crippen LogP contribution in [0, 0.1) is 0 Å². The molecule has 0 unspecified atom stereocenters. The monoisotopic (exact) mass is 292 g/mol. The molecule has 1 aromatic heterocycles. The molecule has 5 nitrogen and oxygen atoms in total. The zero-order valence-electron chi connectivity index (χ0n) is 10.7. The molecule has 1 N–H and O–H groups in total. The molecule has 1 aliphatic rings. The number of H-pyrrole nitrogens is 1. The molecule has 0 aliphatic carbocycles. The highest BCUT2D eigenvalue weighted by Gasteiger charge is 2.26. The van der Waals surface area contributed by atoms with Crippen molar-refractivity contribution >= 4 is 34.2 Å². The lowest BCUT2D eigenvalue weighted by molar-refractivity contribution is -0.130. The van der Waals surface area contributed by atoms with E-state index in [4.69, 9.17) is 16.3 Å². The van der Waals surface area contributed by atoms with Crippen LogP contribution in [-0.2, 0) is 9.53 Å². The molecule has 0 radical (unpaired) electrons. The predicted molar refractivity (Wildman–Crippen MR) is 75.0 cm³/mol. The molecule has 1 saturated heterocycles. The maximum atomic E-state index is 12.3. The number of aromatic amines is 1. The van der Waals surface area contributed by atoms with Gasteiger partial charge in [0.1, 0.15) is 0 Å². The van der Waals surface area contributed by atoms with Crippen molar-refractivity contribution in [1.82, 2.24) is 9.88 Å². The molecule has 2 heterocycles. The third-order valence-corrected chi connectivity index (χ3v) is 3.62. The summed E-state index contributed by atoms with van der Waals surface area (Å²) < 4.78 is 5.18. The standard InChI is InChI=1S/C14H13ClN2O3/c15-9-1-2-10-11(8-16-12(10)7-9)13(18)14(19)17-3-5-20-6-4-17/h1-2,7-8,16H,3-6H2. The molecule has 2 aromatic rings. The Kier molecular flexibility index (Phi) is 3.46. The number of halogens is 1. The number of nitrogens with one attached hydrogen (secondary N) is 1.